The van der Waals surface area contributed by atoms with Gasteiger partial charge in [0.1, 0.15) is 5.82 Å². The lowest BCUT2D eigenvalue weighted by atomic mass is 10.1. The van der Waals surface area contributed by atoms with Crippen molar-refractivity contribution < 1.29 is 0 Å². The van der Waals surface area contributed by atoms with Crippen LogP contribution in [0.25, 0.3) is 21.1 Å². The average molecular weight is 281 g/mol. The first-order valence-electron chi connectivity index (χ1n) is 6.22. The van der Waals surface area contributed by atoms with Gasteiger partial charge in [0, 0.05) is 11.6 Å². The van der Waals surface area contributed by atoms with Crippen molar-refractivity contribution in [2.45, 2.75) is 6.92 Å². The molecule has 0 aliphatic heterocycles. The lowest BCUT2D eigenvalue weighted by molar-refractivity contribution is 1.12. The van der Waals surface area contributed by atoms with Crippen LogP contribution in [0.4, 0.5) is 10.9 Å². The number of anilines is 2. The van der Waals surface area contributed by atoms with Crippen molar-refractivity contribution >= 4 is 43.4 Å². The zero-order chi connectivity index (χ0) is 13.5. The minimum atomic E-state index is 0.799. The molecule has 0 atom stereocenters. The standard InChI is InChI=1S/C14H11N5S/c1-8-6-10-9(7-16-19-10)12-13(8)20-14(18-12)17-11-4-2-3-5-15-11/h2-7H,1H3,(H,16,19)(H,15,17,18). The van der Waals surface area contributed by atoms with E-state index in [1.165, 1.54) is 10.3 Å². The summed E-state index contributed by atoms with van der Waals surface area (Å²) in [6.45, 7) is 2.09. The SMILES string of the molecule is Cc1cc2[nH]ncc2c2nc(Nc3ccccn3)sc12. The number of benzene rings is 1. The molecular weight excluding hydrogens is 270 g/mol. The third kappa shape index (κ3) is 1.73. The number of fused-ring (bicyclic) bond motifs is 3. The first kappa shape index (κ1) is 11.4. The summed E-state index contributed by atoms with van der Waals surface area (Å²) in [6, 6.07) is 7.87. The molecule has 0 radical (unpaired) electrons. The monoisotopic (exact) mass is 281 g/mol. The fourth-order valence-electron chi connectivity index (χ4n) is 2.25. The Morgan fingerprint density at radius 2 is 2.25 bits per heavy atom. The Kier molecular flexibility index (Phi) is 2.43. The zero-order valence-corrected chi connectivity index (χ0v) is 11.5. The Hall–Kier alpha value is -2.47. The number of nitrogens with zero attached hydrogens (tertiary/aromatic N) is 3. The first-order chi connectivity index (χ1) is 9.81. The Balaban J connectivity index is 1.88. The van der Waals surface area contributed by atoms with Crippen LogP contribution < -0.4 is 5.32 Å². The molecule has 0 bridgehead atoms. The third-order valence-electron chi connectivity index (χ3n) is 3.17. The number of aryl methyl sites for hydroxylation is 1. The molecule has 0 spiro atoms. The first-order valence-corrected chi connectivity index (χ1v) is 7.04. The van der Waals surface area contributed by atoms with Gasteiger partial charge in [-0.15, -0.1) is 0 Å². The second kappa shape index (κ2) is 4.28. The van der Waals surface area contributed by atoms with Gasteiger partial charge in [-0.2, -0.15) is 5.10 Å². The highest BCUT2D eigenvalue weighted by atomic mass is 32.1. The Bertz CT molecular complexity index is 894. The van der Waals surface area contributed by atoms with Crippen LogP contribution in [0.1, 0.15) is 5.56 Å². The van der Waals surface area contributed by atoms with Crippen molar-refractivity contribution in [3.63, 3.8) is 0 Å². The van der Waals surface area contributed by atoms with Crippen LogP contribution in [-0.2, 0) is 0 Å². The summed E-state index contributed by atoms with van der Waals surface area (Å²) in [7, 11) is 0. The Morgan fingerprint density at radius 3 is 3.10 bits per heavy atom. The van der Waals surface area contributed by atoms with Crippen LogP contribution in [-0.4, -0.2) is 20.2 Å². The molecular formula is C14H11N5S. The van der Waals surface area contributed by atoms with Crippen LogP contribution in [0.2, 0.25) is 0 Å². The van der Waals surface area contributed by atoms with E-state index in [2.05, 4.69) is 38.5 Å². The van der Waals surface area contributed by atoms with Gasteiger partial charge >= 0.3 is 0 Å². The Labute approximate surface area is 118 Å². The van der Waals surface area contributed by atoms with E-state index in [1.807, 2.05) is 24.4 Å². The van der Waals surface area contributed by atoms with Crippen molar-refractivity contribution in [2.24, 2.45) is 0 Å². The molecule has 98 valence electrons. The van der Waals surface area contributed by atoms with Gasteiger partial charge in [0.05, 0.1) is 21.9 Å². The van der Waals surface area contributed by atoms with Gasteiger partial charge in [0.2, 0.25) is 0 Å². The van der Waals surface area contributed by atoms with Gasteiger partial charge in [-0.1, -0.05) is 17.4 Å². The molecule has 0 saturated carbocycles. The minimum absolute atomic E-state index is 0.799. The number of aromatic nitrogens is 4. The number of pyridine rings is 1. The fourth-order valence-corrected chi connectivity index (χ4v) is 3.20. The van der Waals surface area contributed by atoms with Crippen molar-refractivity contribution in [3.8, 4) is 0 Å². The third-order valence-corrected chi connectivity index (χ3v) is 4.28. The van der Waals surface area contributed by atoms with Crippen LogP contribution in [0.15, 0.2) is 36.7 Å². The average Bonchev–Trinajstić information content (AvgIpc) is 3.06. The smallest absolute Gasteiger partial charge is 0.189 e. The second-order valence-corrected chi connectivity index (χ2v) is 5.56. The summed E-state index contributed by atoms with van der Waals surface area (Å²) in [6.07, 6.45) is 3.58. The van der Waals surface area contributed by atoms with Gasteiger partial charge in [-0.05, 0) is 30.7 Å². The predicted octanol–water partition coefficient (Wildman–Crippen LogP) is 3.62. The molecule has 0 amide bonds. The lowest BCUT2D eigenvalue weighted by Crippen LogP contribution is -1.90. The number of hydrogen-bond acceptors (Lipinski definition) is 5. The summed E-state index contributed by atoms with van der Waals surface area (Å²) in [5.41, 5.74) is 3.20. The molecule has 5 nitrogen and oxygen atoms in total. The molecule has 4 aromatic rings. The van der Waals surface area contributed by atoms with Gasteiger partial charge in [0.25, 0.3) is 0 Å². The van der Waals surface area contributed by atoms with E-state index in [9.17, 15) is 0 Å². The van der Waals surface area contributed by atoms with E-state index in [0.717, 1.165) is 27.4 Å². The molecule has 6 heteroatoms. The predicted molar refractivity (Wildman–Crippen MR) is 81.5 cm³/mol. The van der Waals surface area contributed by atoms with E-state index in [4.69, 9.17) is 0 Å². The highest BCUT2D eigenvalue weighted by Gasteiger charge is 2.11. The number of nitrogens with one attached hydrogen (secondary N) is 2. The lowest BCUT2D eigenvalue weighted by Gasteiger charge is -1.98. The van der Waals surface area contributed by atoms with Gasteiger partial charge < -0.3 is 5.32 Å². The number of thiazole rings is 1. The molecule has 2 N–H and O–H groups in total. The molecule has 4 rings (SSSR count). The molecule has 3 aromatic heterocycles. The number of rotatable bonds is 2. The van der Waals surface area contributed by atoms with Crippen molar-refractivity contribution in [3.05, 3.63) is 42.2 Å². The van der Waals surface area contributed by atoms with E-state index in [-0.39, 0.29) is 0 Å². The van der Waals surface area contributed by atoms with Crippen LogP contribution >= 0.6 is 11.3 Å². The van der Waals surface area contributed by atoms with Crippen LogP contribution in [0, 0.1) is 6.92 Å². The molecule has 0 aliphatic carbocycles. The fraction of sp³-hybridized carbons (Fsp3) is 0.0714. The van der Waals surface area contributed by atoms with E-state index in [1.54, 1.807) is 17.5 Å². The molecule has 0 unspecified atom stereocenters. The summed E-state index contributed by atoms with van der Waals surface area (Å²) >= 11 is 1.63. The second-order valence-electron chi connectivity index (χ2n) is 4.56. The van der Waals surface area contributed by atoms with Crippen LogP contribution in [0.3, 0.4) is 0 Å². The minimum Gasteiger partial charge on any atom is -0.316 e. The number of H-pyrrole nitrogens is 1. The molecule has 0 aliphatic rings. The highest BCUT2D eigenvalue weighted by molar-refractivity contribution is 7.22. The summed E-state index contributed by atoms with van der Waals surface area (Å²) < 4.78 is 1.18. The molecule has 3 heterocycles. The largest absolute Gasteiger partial charge is 0.316 e. The van der Waals surface area contributed by atoms with Gasteiger partial charge in [-0.3, -0.25) is 5.10 Å². The Morgan fingerprint density at radius 1 is 1.30 bits per heavy atom. The topological polar surface area (TPSA) is 66.5 Å². The molecule has 20 heavy (non-hydrogen) atoms. The maximum atomic E-state index is 4.68. The summed E-state index contributed by atoms with van der Waals surface area (Å²) in [4.78, 5) is 8.93. The molecule has 1 aromatic carbocycles. The van der Waals surface area contributed by atoms with Gasteiger partial charge in [0.15, 0.2) is 5.13 Å². The number of hydrogen-bond donors (Lipinski definition) is 2. The van der Waals surface area contributed by atoms with E-state index < -0.39 is 0 Å². The maximum absolute atomic E-state index is 4.68. The summed E-state index contributed by atoms with van der Waals surface area (Å²) in [5, 5.41) is 12.2. The summed E-state index contributed by atoms with van der Waals surface area (Å²) in [5.74, 6) is 0.799. The maximum Gasteiger partial charge on any atom is 0.189 e. The van der Waals surface area contributed by atoms with Crippen molar-refractivity contribution in [2.75, 3.05) is 5.32 Å². The highest BCUT2D eigenvalue weighted by Crippen LogP contribution is 2.34. The van der Waals surface area contributed by atoms with Gasteiger partial charge in [-0.25, -0.2) is 9.97 Å². The van der Waals surface area contributed by atoms with Crippen molar-refractivity contribution in [1.82, 2.24) is 20.2 Å². The number of aromatic amines is 1. The molecule has 0 fully saturated rings. The normalized spacial score (nSPS) is 11.2. The molecule has 0 saturated heterocycles. The van der Waals surface area contributed by atoms with E-state index >= 15 is 0 Å². The van der Waals surface area contributed by atoms with E-state index in [0.29, 0.717) is 0 Å². The quantitative estimate of drug-likeness (QED) is 0.589. The zero-order valence-electron chi connectivity index (χ0n) is 10.7. The van der Waals surface area contributed by atoms with Crippen LogP contribution in [0.5, 0.6) is 0 Å². The van der Waals surface area contributed by atoms with Crippen molar-refractivity contribution in [1.29, 1.82) is 0 Å².